The zero-order valence-electron chi connectivity index (χ0n) is 11.2. The number of nitrogens with two attached hydrogens (primary N) is 1. The topological polar surface area (TPSA) is 55.1 Å². The van der Waals surface area contributed by atoms with Gasteiger partial charge in [0, 0.05) is 12.5 Å². The summed E-state index contributed by atoms with van der Waals surface area (Å²) in [5, 5.41) is 3.20. The summed E-state index contributed by atoms with van der Waals surface area (Å²) in [6.07, 6.45) is 10.7. The lowest BCUT2D eigenvalue weighted by Gasteiger charge is -2.31. The third-order valence-electron chi connectivity index (χ3n) is 4.56. The number of rotatable bonds is 5. The predicted octanol–water partition coefficient (Wildman–Crippen LogP) is 2.62. The number of nitrogens with one attached hydrogen (secondary N) is 1. The Balaban J connectivity index is 0.00000162. The Morgan fingerprint density at radius 1 is 1.11 bits per heavy atom. The van der Waals surface area contributed by atoms with Gasteiger partial charge >= 0.3 is 0 Å². The summed E-state index contributed by atoms with van der Waals surface area (Å²) in [6, 6.07) is 0.350. The Bertz CT molecular complexity index is 256. The molecule has 0 aromatic heterocycles. The van der Waals surface area contributed by atoms with Crippen molar-refractivity contribution in [3.8, 4) is 0 Å². The fourth-order valence-electron chi connectivity index (χ4n) is 3.08. The Labute approximate surface area is 117 Å². The van der Waals surface area contributed by atoms with E-state index < -0.39 is 0 Å². The molecule has 2 aliphatic carbocycles. The molecule has 3 N–H and O–H groups in total. The highest BCUT2D eigenvalue weighted by Gasteiger charge is 2.25. The van der Waals surface area contributed by atoms with Crippen LogP contribution in [0, 0.1) is 11.8 Å². The monoisotopic (exact) mass is 274 g/mol. The van der Waals surface area contributed by atoms with Gasteiger partial charge in [-0.3, -0.25) is 4.79 Å². The second-order valence-electron chi connectivity index (χ2n) is 5.79. The van der Waals surface area contributed by atoms with Crippen LogP contribution in [-0.2, 0) is 4.79 Å². The van der Waals surface area contributed by atoms with E-state index in [9.17, 15) is 4.79 Å². The summed E-state index contributed by atoms with van der Waals surface area (Å²) in [6.45, 7) is 0.716. The normalized spacial score (nSPS) is 28.1. The summed E-state index contributed by atoms with van der Waals surface area (Å²) in [5.41, 5.74) is 5.77. The van der Waals surface area contributed by atoms with Gasteiger partial charge in [-0.2, -0.15) is 0 Å². The average molecular weight is 275 g/mol. The number of carbonyl (C=O) groups excluding carboxylic acids is 1. The zero-order chi connectivity index (χ0) is 12.1. The van der Waals surface area contributed by atoms with Crippen molar-refractivity contribution in [1.29, 1.82) is 0 Å². The fraction of sp³-hybridized carbons (Fsp3) is 0.929. The van der Waals surface area contributed by atoms with Crippen molar-refractivity contribution in [3.05, 3.63) is 0 Å². The summed E-state index contributed by atoms with van der Waals surface area (Å²) < 4.78 is 0. The molecule has 2 fully saturated rings. The van der Waals surface area contributed by atoms with E-state index in [0.29, 0.717) is 18.5 Å². The molecular weight excluding hydrogens is 248 g/mol. The van der Waals surface area contributed by atoms with Crippen LogP contribution in [0.15, 0.2) is 0 Å². The maximum absolute atomic E-state index is 11.9. The highest BCUT2D eigenvalue weighted by molar-refractivity contribution is 5.85. The summed E-state index contributed by atoms with van der Waals surface area (Å²) >= 11 is 0. The van der Waals surface area contributed by atoms with Gasteiger partial charge in [-0.05, 0) is 37.6 Å². The van der Waals surface area contributed by atoms with E-state index in [-0.39, 0.29) is 18.3 Å². The van der Waals surface area contributed by atoms with Crippen molar-refractivity contribution in [2.45, 2.75) is 63.8 Å². The number of hydrogen-bond acceptors (Lipinski definition) is 2. The lowest BCUT2D eigenvalue weighted by atomic mass is 9.81. The predicted molar refractivity (Wildman–Crippen MR) is 76.8 cm³/mol. The molecular formula is C14H27ClN2O. The summed E-state index contributed by atoms with van der Waals surface area (Å²) in [4.78, 5) is 11.9. The van der Waals surface area contributed by atoms with Crippen LogP contribution in [0.3, 0.4) is 0 Å². The molecule has 2 aliphatic rings. The minimum absolute atomic E-state index is 0. The SMILES string of the molecule is Cl.NCC1CCCCC1NC(=O)CCC1CCC1. The quantitative estimate of drug-likeness (QED) is 0.810. The van der Waals surface area contributed by atoms with Gasteiger partial charge in [-0.15, -0.1) is 12.4 Å². The lowest BCUT2D eigenvalue weighted by Crippen LogP contribution is -2.44. The van der Waals surface area contributed by atoms with Gasteiger partial charge < -0.3 is 11.1 Å². The molecule has 0 bridgehead atoms. The number of carbonyl (C=O) groups is 1. The molecule has 2 atom stereocenters. The Hall–Kier alpha value is -0.280. The van der Waals surface area contributed by atoms with Crippen LogP contribution < -0.4 is 11.1 Å². The first-order valence-corrected chi connectivity index (χ1v) is 7.29. The molecule has 4 heteroatoms. The number of hydrogen-bond donors (Lipinski definition) is 2. The van der Waals surface area contributed by atoms with Crippen LogP contribution in [-0.4, -0.2) is 18.5 Å². The molecule has 0 aliphatic heterocycles. The van der Waals surface area contributed by atoms with E-state index >= 15 is 0 Å². The first-order valence-electron chi connectivity index (χ1n) is 7.29. The van der Waals surface area contributed by atoms with Crippen molar-refractivity contribution in [1.82, 2.24) is 5.32 Å². The van der Waals surface area contributed by atoms with Gasteiger partial charge in [0.1, 0.15) is 0 Å². The first kappa shape index (κ1) is 15.8. The third-order valence-corrected chi connectivity index (χ3v) is 4.56. The molecule has 0 aromatic rings. The molecule has 2 saturated carbocycles. The van der Waals surface area contributed by atoms with E-state index in [1.54, 1.807) is 0 Å². The minimum Gasteiger partial charge on any atom is -0.353 e. The van der Waals surface area contributed by atoms with E-state index in [1.807, 2.05) is 0 Å². The van der Waals surface area contributed by atoms with Crippen LogP contribution in [0.4, 0.5) is 0 Å². The second-order valence-corrected chi connectivity index (χ2v) is 5.79. The van der Waals surface area contributed by atoms with Crippen LogP contribution in [0.2, 0.25) is 0 Å². The molecule has 106 valence electrons. The van der Waals surface area contributed by atoms with Crippen LogP contribution in [0.25, 0.3) is 0 Å². The Kier molecular flexibility index (Phi) is 7.02. The van der Waals surface area contributed by atoms with Crippen molar-refractivity contribution >= 4 is 18.3 Å². The Morgan fingerprint density at radius 2 is 1.83 bits per heavy atom. The molecule has 0 saturated heterocycles. The van der Waals surface area contributed by atoms with E-state index in [4.69, 9.17) is 5.73 Å². The molecule has 18 heavy (non-hydrogen) atoms. The molecule has 2 unspecified atom stereocenters. The van der Waals surface area contributed by atoms with Crippen LogP contribution in [0.5, 0.6) is 0 Å². The molecule has 2 rings (SSSR count). The summed E-state index contributed by atoms with van der Waals surface area (Å²) in [7, 11) is 0. The minimum atomic E-state index is 0. The molecule has 0 heterocycles. The van der Waals surface area contributed by atoms with Crippen molar-refractivity contribution in [2.24, 2.45) is 17.6 Å². The van der Waals surface area contributed by atoms with Gasteiger partial charge in [0.25, 0.3) is 0 Å². The van der Waals surface area contributed by atoms with E-state index in [0.717, 1.165) is 25.2 Å². The molecule has 3 nitrogen and oxygen atoms in total. The van der Waals surface area contributed by atoms with Gasteiger partial charge in [0.15, 0.2) is 0 Å². The Morgan fingerprint density at radius 3 is 2.44 bits per heavy atom. The van der Waals surface area contributed by atoms with Crippen LogP contribution >= 0.6 is 12.4 Å². The largest absolute Gasteiger partial charge is 0.353 e. The van der Waals surface area contributed by atoms with Gasteiger partial charge in [-0.25, -0.2) is 0 Å². The summed E-state index contributed by atoms with van der Waals surface area (Å²) in [5.74, 6) is 1.59. The third kappa shape index (κ3) is 4.43. The van der Waals surface area contributed by atoms with E-state index in [2.05, 4.69) is 5.32 Å². The maximum atomic E-state index is 11.9. The van der Waals surface area contributed by atoms with Crippen molar-refractivity contribution in [3.63, 3.8) is 0 Å². The van der Waals surface area contributed by atoms with E-state index in [1.165, 1.54) is 38.5 Å². The molecule has 0 radical (unpaired) electrons. The first-order chi connectivity index (χ1) is 8.29. The van der Waals surface area contributed by atoms with Gasteiger partial charge in [-0.1, -0.05) is 32.1 Å². The highest BCUT2D eigenvalue weighted by Crippen LogP contribution is 2.30. The number of amides is 1. The molecule has 1 amide bonds. The van der Waals surface area contributed by atoms with Gasteiger partial charge in [0.05, 0.1) is 0 Å². The van der Waals surface area contributed by atoms with Crippen LogP contribution in [0.1, 0.15) is 57.8 Å². The maximum Gasteiger partial charge on any atom is 0.220 e. The zero-order valence-corrected chi connectivity index (χ0v) is 12.0. The lowest BCUT2D eigenvalue weighted by molar-refractivity contribution is -0.122. The second kappa shape index (κ2) is 8.00. The fourth-order valence-corrected chi connectivity index (χ4v) is 3.08. The highest BCUT2D eigenvalue weighted by atomic mass is 35.5. The number of halogens is 1. The van der Waals surface area contributed by atoms with Gasteiger partial charge in [0.2, 0.25) is 5.91 Å². The van der Waals surface area contributed by atoms with Crippen molar-refractivity contribution in [2.75, 3.05) is 6.54 Å². The molecule has 0 spiro atoms. The average Bonchev–Trinajstić information content (AvgIpc) is 2.27. The molecule has 0 aromatic carbocycles. The van der Waals surface area contributed by atoms with Crippen molar-refractivity contribution < 1.29 is 4.79 Å². The smallest absolute Gasteiger partial charge is 0.220 e. The standard InChI is InChI=1S/C14H26N2O.ClH/c15-10-12-6-1-2-7-13(12)16-14(17)9-8-11-4-3-5-11;/h11-13H,1-10,15H2,(H,16,17);1H.